The fourth-order valence-corrected chi connectivity index (χ4v) is 2.29. The maximum atomic E-state index is 11.8. The normalized spacial score (nSPS) is 16.0. The predicted octanol–water partition coefficient (Wildman–Crippen LogP) is -1.12. The summed E-state index contributed by atoms with van der Waals surface area (Å²) in [5.74, 6) is -2.17. The van der Waals surface area contributed by atoms with Crippen molar-refractivity contribution >= 4 is 25.0 Å². The van der Waals surface area contributed by atoms with E-state index in [1.807, 2.05) is 0 Å². The molecule has 0 bridgehead atoms. The summed E-state index contributed by atoms with van der Waals surface area (Å²) in [5, 5.41) is 23.9. The van der Waals surface area contributed by atoms with Gasteiger partial charge in [0.05, 0.1) is 11.5 Å². The van der Waals surface area contributed by atoms with Gasteiger partial charge in [0.2, 0.25) is 5.91 Å². The van der Waals surface area contributed by atoms with E-state index in [-0.39, 0.29) is 30.7 Å². The molecule has 10 heteroatoms. The van der Waals surface area contributed by atoms with Crippen LogP contribution in [0.1, 0.15) is 22.3 Å². The molecule has 1 unspecified atom stereocenters. The summed E-state index contributed by atoms with van der Waals surface area (Å²) in [4.78, 5) is 33.4. The number of carbonyl (C=O) groups is 3. The monoisotopic (exact) mass is 321 g/mol. The van der Waals surface area contributed by atoms with Crippen LogP contribution in [0.25, 0.3) is 0 Å². The highest BCUT2D eigenvalue weighted by Gasteiger charge is 2.37. The number of primary amides is 1. The summed E-state index contributed by atoms with van der Waals surface area (Å²) in [6.45, 7) is 0.0740. The third-order valence-corrected chi connectivity index (χ3v) is 3.35. The highest BCUT2D eigenvalue weighted by atomic mass is 16.5. The zero-order valence-electron chi connectivity index (χ0n) is 12.1. The lowest BCUT2D eigenvalue weighted by atomic mass is 9.72. The molecule has 0 aliphatic carbocycles. The van der Waals surface area contributed by atoms with Crippen LogP contribution in [0.4, 0.5) is 4.79 Å². The standard InChI is InChI=1S/C13H16BN3O6/c15-13(21)16-5-4-10(18)17-9-6-7-2-1-3-8(12(19)20)11(7)23-14(9)22/h1-3,9,22H,4-6H2,(H,17,18)(H,19,20)(H3,15,16,21). The van der Waals surface area contributed by atoms with Gasteiger partial charge in [-0.05, 0) is 18.1 Å². The molecule has 0 fully saturated rings. The number of benzene rings is 1. The van der Waals surface area contributed by atoms with Crippen LogP contribution in [0.2, 0.25) is 0 Å². The fraction of sp³-hybridized carbons (Fsp3) is 0.308. The first-order valence-corrected chi connectivity index (χ1v) is 6.91. The number of carbonyl (C=O) groups excluding carboxylic acids is 2. The van der Waals surface area contributed by atoms with Gasteiger partial charge in [-0.3, -0.25) is 4.79 Å². The summed E-state index contributed by atoms with van der Waals surface area (Å²) >= 11 is 0. The van der Waals surface area contributed by atoms with Crippen molar-refractivity contribution < 1.29 is 29.2 Å². The van der Waals surface area contributed by atoms with Crippen molar-refractivity contribution in [3.63, 3.8) is 0 Å². The van der Waals surface area contributed by atoms with E-state index in [0.29, 0.717) is 5.56 Å². The lowest BCUT2D eigenvalue weighted by molar-refractivity contribution is -0.121. The lowest BCUT2D eigenvalue weighted by Gasteiger charge is -2.28. The van der Waals surface area contributed by atoms with Crippen LogP contribution in [0.15, 0.2) is 18.2 Å². The van der Waals surface area contributed by atoms with Crippen LogP contribution in [0, 0.1) is 0 Å². The van der Waals surface area contributed by atoms with E-state index in [2.05, 4.69) is 10.6 Å². The fourth-order valence-electron chi connectivity index (χ4n) is 2.29. The predicted molar refractivity (Wildman–Crippen MR) is 79.8 cm³/mol. The largest absolute Gasteiger partial charge is 0.547 e. The van der Waals surface area contributed by atoms with Gasteiger partial charge in [-0.1, -0.05) is 12.1 Å². The Bertz CT molecular complexity index is 638. The third-order valence-electron chi connectivity index (χ3n) is 3.35. The average molecular weight is 321 g/mol. The van der Waals surface area contributed by atoms with Gasteiger partial charge in [-0.2, -0.15) is 0 Å². The number of hydrogen-bond acceptors (Lipinski definition) is 5. The first-order chi connectivity index (χ1) is 10.9. The molecule has 1 aromatic rings. The number of carboxylic acid groups (broad SMARTS) is 1. The first kappa shape index (κ1) is 16.6. The number of urea groups is 1. The third kappa shape index (κ3) is 4.13. The highest BCUT2D eigenvalue weighted by molar-refractivity contribution is 6.47. The van der Waals surface area contributed by atoms with E-state index in [4.69, 9.17) is 15.5 Å². The molecule has 2 rings (SSSR count). The van der Waals surface area contributed by atoms with Crippen molar-refractivity contribution in [3.05, 3.63) is 29.3 Å². The molecule has 9 nitrogen and oxygen atoms in total. The highest BCUT2D eigenvalue weighted by Crippen LogP contribution is 2.30. The minimum absolute atomic E-state index is 0.00577. The molecular weight excluding hydrogens is 305 g/mol. The molecule has 0 saturated carbocycles. The quantitative estimate of drug-likeness (QED) is 0.433. The molecule has 1 aliphatic heterocycles. The van der Waals surface area contributed by atoms with Crippen LogP contribution in [-0.4, -0.2) is 47.6 Å². The van der Waals surface area contributed by atoms with Crippen molar-refractivity contribution in [1.29, 1.82) is 0 Å². The summed E-state index contributed by atoms with van der Waals surface area (Å²) < 4.78 is 5.25. The van der Waals surface area contributed by atoms with Crippen molar-refractivity contribution in [1.82, 2.24) is 10.6 Å². The molecule has 0 spiro atoms. The van der Waals surface area contributed by atoms with Gasteiger partial charge in [0, 0.05) is 13.0 Å². The molecule has 23 heavy (non-hydrogen) atoms. The average Bonchev–Trinajstić information content (AvgIpc) is 2.46. The Morgan fingerprint density at radius 2 is 2.13 bits per heavy atom. The second-order valence-corrected chi connectivity index (χ2v) is 5.03. The number of aromatic carboxylic acids is 1. The molecule has 3 amide bonds. The van der Waals surface area contributed by atoms with Gasteiger partial charge in [-0.25, -0.2) is 9.59 Å². The Labute approximate surface area is 131 Å². The Hall–Kier alpha value is -2.75. The number of nitrogens with two attached hydrogens (primary N) is 1. The van der Waals surface area contributed by atoms with Gasteiger partial charge in [0.15, 0.2) is 0 Å². The minimum Gasteiger partial charge on any atom is -0.534 e. The molecule has 1 aliphatic rings. The van der Waals surface area contributed by atoms with Gasteiger partial charge >= 0.3 is 19.1 Å². The molecule has 1 atom stereocenters. The molecule has 1 heterocycles. The van der Waals surface area contributed by atoms with Gasteiger partial charge in [0.25, 0.3) is 0 Å². The zero-order valence-corrected chi connectivity index (χ0v) is 12.1. The first-order valence-electron chi connectivity index (χ1n) is 6.91. The van der Waals surface area contributed by atoms with Gasteiger partial charge < -0.3 is 31.2 Å². The molecule has 0 saturated heterocycles. The van der Waals surface area contributed by atoms with Crippen LogP contribution in [0.5, 0.6) is 5.75 Å². The number of para-hydroxylation sites is 1. The van der Waals surface area contributed by atoms with E-state index in [1.165, 1.54) is 6.07 Å². The van der Waals surface area contributed by atoms with Crippen LogP contribution in [0.3, 0.4) is 0 Å². The number of amides is 3. The van der Waals surface area contributed by atoms with E-state index in [1.54, 1.807) is 12.1 Å². The van der Waals surface area contributed by atoms with Crippen LogP contribution >= 0.6 is 0 Å². The Morgan fingerprint density at radius 1 is 1.39 bits per heavy atom. The summed E-state index contributed by atoms with van der Waals surface area (Å²) in [6.07, 6.45) is 0.223. The molecule has 6 N–H and O–H groups in total. The second-order valence-electron chi connectivity index (χ2n) is 5.03. The number of nitrogens with one attached hydrogen (secondary N) is 2. The molecule has 0 radical (unpaired) electrons. The number of rotatable bonds is 5. The number of fused-ring (bicyclic) bond motifs is 1. The molecular formula is C13H16BN3O6. The summed E-state index contributed by atoms with van der Waals surface area (Å²) in [6, 6.07) is 3.89. The summed E-state index contributed by atoms with van der Waals surface area (Å²) in [7, 11) is -1.36. The molecule has 1 aromatic carbocycles. The Morgan fingerprint density at radius 3 is 2.78 bits per heavy atom. The maximum absolute atomic E-state index is 11.8. The van der Waals surface area contributed by atoms with Crippen molar-refractivity contribution in [3.8, 4) is 5.75 Å². The molecule has 0 aromatic heterocycles. The Kier molecular flexibility index (Phi) is 5.07. The SMILES string of the molecule is NC(=O)NCCC(=O)NC1Cc2cccc(C(=O)O)c2OB1O. The number of carboxylic acids is 1. The van der Waals surface area contributed by atoms with Crippen LogP contribution < -0.4 is 21.0 Å². The van der Waals surface area contributed by atoms with E-state index >= 15 is 0 Å². The van der Waals surface area contributed by atoms with E-state index < -0.39 is 31.0 Å². The zero-order chi connectivity index (χ0) is 17.0. The van der Waals surface area contributed by atoms with Crippen LogP contribution in [-0.2, 0) is 11.2 Å². The second kappa shape index (κ2) is 7.01. The van der Waals surface area contributed by atoms with E-state index in [9.17, 15) is 19.4 Å². The summed E-state index contributed by atoms with van der Waals surface area (Å²) in [5.41, 5.74) is 5.42. The lowest BCUT2D eigenvalue weighted by Crippen LogP contribution is -2.53. The van der Waals surface area contributed by atoms with Crippen molar-refractivity contribution in [2.24, 2.45) is 5.73 Å². The maximum Gasteiger partial charge on any atom is 0.547 e. The van der Waals surface area contributed by atoms with Crippen molar-refractivity contribution in [2.45, 2.75) is 18.8 Å². The minimum atomic E-state index is -1.36. The molecule has 122 valence electrons. The van der Waals surface area contributed by atoms with Crippen molar-refractivity contribution in [2.75, 3.05) is 6.54 Å². The van der Waals surface area contributed by atoms with Gasteiger partial charge in [-0.15, -0.1) is 0 Å². The number of hydrogen-bond donors (Lipinski definition) is 5. The van der Waals surface area contributed by atoms with Gasteiger partial charge in [0.1, 0.15) is 5.75 Å². The van der Waals surface area contributed by atoms with E-state index in [0.717, 1.165) is 0 Å². The smallest absolute Gasteiger partial charge is 0.534 e. The Balaban J connectivity index is 2.01. The topological polar surface area (TPSA) is 151 Å².